The van der Waals surface area contributed by atoms with Gasteiger partial charge in [0.05, 0.1) is 5.60 Å². The zero-order valence-electron chi connectivity index (χ0n) is 12.1. The normalized spacial score (nSPS) is 26.9. The van der Waals surface area contributed by atoms with Crippen LogP contribution in [0.2, 0.25) is 0 Å². The van der Waals surface area contributed by atoms with E-state index in [1.54, 1.807) is 0 Å². The van der Waals surface area contributed by atoms with Gasteiger partial charge >= 0.3 is 0 Å². The third kappa shape index (κ3) is 2.85. The number of ether oxygens (including phenoxy) is 1. The van der Waals surface area contributed by atoms with Crippen LogP contribution in [0, 0.1) is 6.92 Å². The molecule has 0 bridgehead atoms. The van der Waals surface area contributed by atoms with E-state index in [4.69, 9.17) is 4.74 Å². The van der Waals surface area contributed by atoms with Crippen molar-refractivity contribution in [1.29, 1.82) is 0 Å². The van der Waals surface area contributed by atoms with Crippen molar-refractivity contribution >= 4 is 0 Å². The van der Waals surface area contributed by atoms with E-state index in [-0.39, 0.29) is 5.60 Å². The van der Waals surface area contributed by atoms with Crippen molar-refractivity contribution in [1.82, 2.24) is 5.32 Å². The first-order valence-electron chi connectivity index (χ1n) is 7.63. The van der Waals surface area contributed by atoms with Gasteiger partial charge in [-0.25, -0.2) is 0 Å². The Hall–Kier alpha value is -0.860. The SMILES string of the molecule is Cc1ccc([C@H](C)NC2CCOC3(CCC3)C2)cc1. The fraction of sp³-hybridized carbons (Fsp3) is 0.647. The van der Waals surface area contributed by atoms with Gasteiger partial charge in [0.25, 0.3) is 0 Å². The van der Waals surface area contributed by atoms with E-state index in [2.05, 4.69) is 43.4 Å². The van der Waals surface area contributed by atoms with Crippen LogP contribution in [0.3, 0.4) is 0 Å². The molecule has 1 N–H and O–H groups in total. The smallest absolute Gasteiger partial charge is 0.0697 e. The fourth-order valence-corrected chi connectivity index (χ4v) is 3.39. The fourth-order valence-electron chi connectivity index (χ4n) is 3.39. The summed E-state index contributed by atoms with van der Waals surface area (Å²) in [7, 11) is 0. The van der Waals surface area contributed by atoms with Crippen molar-refractivity contribution in [2.75, 3.05) is 6.61 Å². The topological polar surface area (TPSA) is 21.3 Å². The van der Waals surface area contributed by atoms with Crippen molar-refractivity contribution in [2.45, 2.75) is 63.6 Å². The Morgan fingerprint density at radius 2 is 2.00 bits per heavy atom. The Morgan fingerprint density at radius 1 is 1.26 bits per heavy atom. The van der Waals surface area contributed by atoms with Gasteiger partial charge in [-0.15, -0.1) is 0 Å². The van der Waals surface area contributed by atoms with E-state index in [9.17, 15) is 0 Å². The maximum absolute atomic E-state index is 5.99. The van der Waals surface area contributed by atoms with Crippen LogP contribution in [0.1, 0.15) is 56.2 Å². The average Bonchev–Trinajstić information content (AvgIpc) is 2.38. The van der Waals surface area contributed by atoms with E-state index in [1.807, 2.05) is 0 Å². The van der Waals surface area contributed by atoms with E-state index in [0.29, 0.717) is 12.1 Å². The summed E-state index contributed by atoms with van der Waals surface area (Å²) >= 11 is 0. The predicted octanol–water partition coefficient (Wildman–Crippen LogP) is 3.75. The lowest BCUT2D eigenvalue weighted by Gasteiger charge is -2.47. The summed E-state index contributed by atoms with van der Waals surface area (Å²) in [6.07, 6.45) is 6.23. The van der Waals surface area contributed by atoms with Crippen molar-refractivity contribution in [2.24, 2.45) is 0 Å². The minimum atomic E-state index is 0.239. The van der Waals surface area contributed by atoms with Crippen LogP contribution in [0.5, 0.6) is 0 Å². The van der Waals surface area contributed by atoms with Crippen LogP contribution >= 0.6 is 0 Å². The van der Waals surface area contributed by atoms with Gasteiger partial charge in [-0.05, 0) is 51.5 Å². The molecule has 0 amide bonds. The summed E-state index contributed by atoms with van der Waals surface area (Å²) < 4.78 is 5.99. The Labute approximate surface area is 116 Å². The summed E-state index contributed by atoms with van der Waals surface area (Å²) in [4.78, 5) is 0. The van der Waals surface area contributed by atoms with Crippen molar-refractivity contribution in [3.63, 3.8) is 0 Å². The summed E-state index contributed by atoms with van der Waals surface area (Å²) in [6.45, 7) is 5.34. The Kier molecular flexibility index (Phi) is 3.64. The number of benzene rings is 1. The summed E-state index contributed by atoms with van der Waals surface area (Å²) in [5, 5.41) is 3.80. The molecule has 2 aliphatic rings. The Balaban J connectivity index is 1.59. The molecule has 19 heavy (non-hydrogen) atoms. The van der Waals surface area contributed by atoms with Gasteiger partial charge in [-0.3, -0.25) is 0 Å². The molecule has 2 atom stereocenters. The van der Waals surface area contributed by atoms with E-state index in [1.165, 1.54) is 36.8 Å². The second kappa shape index (κ2) is 5.26. The largest absolute Gasteiger partial charge is 0.375 e. The van der Waals surface area contributed by atoms with Gasteiger partial charge in [0.2, 0.25) is 0 Å². The minimum Gasteiger partial charge on any atom is -0.375 e. The molecular formula is C17H25NO. The van der Waals surface area contributed by atoms with Gasteiger partial charge < -0.3 is 10.1 Å². The average molecular weight is 259 g/mol. The molecule has 1 aromatic carbocycles. The van der Waals surface area contributed by atoms with Crippen LogP contribution in [0.15, 0.2) is 24.3 Å². The number of hydrogen-bond donors (Lipinski definition) is 1. The van der Waals surface area contributed by atoms with Crippen molar-refractivity contribution in [3.05, 3.63) is 35.4 Å². The Bertz CT molecular complexity index is 421. The summed E-state index contributed by atoms with van der Waals surface area (Å²) in [5.74, 6) is 0. The molecular weight excluding hydrogens is 234 g/mol. The second-order valence-electron chi connectivity index (χ2n) is 6.37. The van der Waals surface area contributed by atoms with E-state index < -0.39 is 0 Å². The quantitative estimate of drug-likeness (QED) is 0.892. The second-order valence-corrected chi connectivity index (χ2v) is 6.37. The zero-order valence-corrected chi connectivity index (χ0v) is 12.1. The van der Waals surface area contributed by atoms with Crippen molar-refractivity contribution < 1.29 is 4.74 Å². The highest BCUT2D eigenvalue weighted by molar-refractivity contribution is 5.23. The first-order valence-corrected chi connectivity index (χ1v) is 7.63. The molecule has 0 radical (unpaired) electrons. The third-order valence-corrected chi connectivity index (χ3v) is 4.82. The highest BCUT2D eigenvalue weighted by atomic mass is 16.5. The molecule has 0 aromatic heterocycles. The molecule has 1 heterocycles. The number of nitrogens with one attached hydrogen (secondary N) is 1. The molecule has 1 unspecified atom stereocenters. The van der Waals surface area contributed by atoms with E-state index >= 15 is 0 Å². The summed E-state index contributed by atoms with van der Waals surface area (Å²) in [5.41, 5.74) is 2.96. The highest BCUT2D eigenvalue weighted by Gasteiger charge is 2.42. The summed E-state index contributed by atoms with van der Waals surface area (Å²) in [6, 6.07) is 9.93. The van der Waals surface area contributed by atoms with Crippen LogP contribution in [0.4, 0.5) is 0 Å². The third-order valence-electron chi connectivity index (χ3n) is 4.82. The van der Waals surface area contributed by atoms with Crippen LogP contribution < -0.4 is 5.32 Å². The molecule has 1 aliphatic heterocycles. The lowest BCUT2D eigenvalue weighted by molar-refractivity contribution is -0.136. The maximum Gasteiger partial charge on any atom is 0.0697 e. The zero-order chi connectivity index (χ0) is 13.3. The number of rotatable bonds is 3. The van der Waals surface area contributed by atoms with Gasteiger partial charge in [-0.2, -0.15) is 0 Å². The van der Waals surface area contributed by atoms with Gasteiger partial charge in [0.1, 0.15) is 0 Å². The van der Waals surface area contributed by atoms with Crippen LogP contribution in [0.25, 0.3) is 0 Å². The molecule has 104 valence electrons. The number of hydrogen-bond acceptors (Lipinski definition) is 2. The molecule has 1 saturated heterocycles. The molecule has 1 spiro atoms. The lowest BCUT2D eigenvalue weighted by atomic mass is 9.74. The molecule has 2 nitrogen and oxygen atoms in total. The van der Waals surface area contributed by atoms with Gasteiger partial charge in [0, 0.05) is 18.7 Å². The standard InChI is InChI=1S/C17H25NO/c1-13-4-6-15(7-5-13)14(2)18-16-8-11-19-17(12-16)9-3-10-17/h4-7,14,16,18H,3,8-12H2,1-2H3/t14-,16?/m0/s1. The van der Waals surface area contributed by atoms with Gasteiger partial charge in [-0.1, -0.05) is 29.8 Å². The van der Waals surface area contributed by atoms with Gasteiger partial charge in [0.15, 0.2) is 0 Å². The molecule has 2 fully saturated rings. The van der Waals surface area contributed by atoms with Crippen LogP contribution in [-0.4, -0.2) is 18.2 Å². The first-order chi connectivity index (χ1) is 9.17. The molecule has 3 rings (SSSR count). The minimum absolute atomic E-state index is 0.239. The molecule has 1 saturated carbocycles. The van der Waals surface area contributed by atoms with E-state index in [0.717, 1.165) is 13.0 Å². The lowest BCUT2D eigenvalue weighted by Crippen LogP contribution is -2.51. The first kappa shape index (κ1) is 13.1. The van der Waals surface area contributed by atoms with Crippen LogP contribution in [-0.2, 0) is 4.74 Å². The molecule has 1 aliphatic carbocycles. The Morgan fingerprint density at radius 3 is 2.63 bits per heavy atom. The highest BCUT2D eigenvalue weighted by Crippen LogP contribution is 2.42. The maximum atomic E-state index is 5.99. The van der Waals surface area contributed by atoms with Crippen molar-refractivity contribution in [3.8, 4) is 0 Å². The predicted molar refractivity (Wildman–Crippen MR) is 78.3 cm³/mol. The molecule has 1 aromatic rings. The monoisotopic (exact) mass is 259 g/mol. The molecule has 2 heteroatoms. The number of aryl methyl sites for hydroxylation is 1.